The van der Waals surface area contributed by atoms with Gasteiger partial charge in [0.05, 0.1) is 33.4 Å². The average Bonchev–Trinajstić information content (AvgIpc) is 3.06. The second kappa shape index (κ2) is 10.6. The van der Waals surface area contributed by atoms with Gasteiger partial charge in [0.1, 0.15) is 5.69 Å². The number of nitrogens with zero attached hydrogens (tertiary/aromatic N) is 3. The van der Waals surface area contributed by atoms with E-state index in [0.29, 0.717) is 28.2 Å². The summed E-state index contributed by atoms with van der Waals surface area (Å²) in [6, 6.07) is 3.63. The van der Waals surface area contributed by atoms with E-state index in [1.54, 1.807) is 41.5 Å². The zero-order valence-electron chi connectivity index (χ0n) is 19.6. The van der Waals surface area contributed by atoms with E-state index >= 15 is 0 Å². The monoisotopic (exact) mass is 479 g/mol. The van der Waals surface area contributed by atoms with E-state index < -0.39 is 26.6 Å². The van der Waals surface area contributed by atoms with Crippen LogP contribution in [0.25, 0.3) is 0 Å². The molecular formula is C21H29N5O6S. The SMILES string of the molecule is CCOC(=O)c1c(C)[nH]c(/C(C)=N/Nc2ccc(S(=O)(=O)N(CC)CC)cc2[N+](=O)[O-])c1C. The zero-order valence-corrected chi connectivity index (χ0v) is 20.4. The fourth-order valence-corrected chi connectivity index (χ4v) is 4.93. The number of hydrogen-bond donors (Lipinski definition) is 2. The Morgan fingerprint density at radius 1 is 1.24 bits per heavy atom. The highest BCUT2D eigenvalue weighted by Crippen LogP contribution is 2.29. The molecular weight excluding hydrogens is 450 g/mol. The third kappa shape index (κ3) is 5.40. The number of rotatable bonds is 10. The Hall–Kier alpha value is -3.25. The minimum absolute atomic E-state index is 0.0318. The van der Waals surface area contributed by atoms with Crippen molar-refractivity contribution in [3.05, 3.63) is 50.8 Å². The lowest BCUT2D eigenvalue weighted by molar-refractivity contribution is -0.384. The van der Waals surface area contributed by atoms with Crippen LogP contribution in [0.1, 0.15) is 55.0 Å². The molecule has 0 atom stereocenters. The largest absolute Gasteiger partial charge is 0.462 e. The summed E-state index contributed by atoms with van der Waals surface area (Å²) in [6.07, 6.45) is 0. The number of carbonyl (C=O) groups excluding carboxylic acids is 1. The van der Waals surface area contributed by atoms with Crippen molar-refractivity contribution in [3.8, 4) is 0 Å². The van der Waals surface area contributed by atoms with E-state index in [-0.39, 0.29) is 30.3 Å². The van der Waals surface area contributed by atoms with Crippen LogP contribution in [-0.4, -0.2) is 54.0 Å². The fraction of sp³-hybridized carbons (Fsp3) is 0.429. The van der Waals surface area contributed by atoms with Crippen LogP contribution >= 0.6 is 0 Å². The fourth-order valence-electron chi connectivity index (χ4n) is 3.45. The molecule has 2 N–H and O–H groups in total. The van der Waals surface area contributed by atoms with Crippen LogP contribution in [0.5, 0.6) is 0 Å². The molecule has 11 nitrogen and oxygen atoms in total. The number of nitrogens with one attached hydrogen (secondary N) is 2. The number of H-pyrrole nitrogens is 1. The third-order valence-electron chi connectivity index (χ3n) is 5.13. The molecule has 0 amide bonds. The number of esters is 1. The molecule has 0 saturated carbocycles. The second-order valence-corrected chi connectivity index (χ2v) is 9.12. The standard InChI is InChI=1S/C21H29N5O6S/c1-7-25(8-2)33(30,31)16-10-11-17(18(12-16)26(28)29)24-23-15(6)20-13(4)19(14(5)22-20)21(27)32-9-3/h10-12,22,24H,7-9H2,1-6H3/b23-15+. The molecule has 180 valence electrons. The van der Waals surface area contributed by atoms with E-state index in [1.807, 2.05) is 0 Å². The maximum atomic E-state index is 12.7. The number of benzene rings is 1. The number of carbonyl (C=O) groups is 1. The molecule has 0 bridgehead atoms. The minimum atomic E-state index is -3.85. The highest BCUT2D eigenvalue weighted by atomic mass is 32.2. The van der Waals surface area contributed by atoms with Crippen molar-refractivity contribution >= 4 is 33.1 Å². The van der Waals surface area contributed by atoms with Crippen LogP contribution in [-0.2, 0) is 14.8 Å². The summed E-state index contributed by atoms with van der Waals surface area (Å²) in [5, 5.41) is 15.8. The summed E-state index contributed by atoms with van der Waals surface area (Å²) in [5.74, 6) is -0.448. The molecule has 0 aliphatic carbocycles. The van der Waals surface area contributed by atoms with Crippen LogP contribution in [0, 0.1) is 24.0 Å². The van der Waals surface area contributed by atoms with E-state index in [4.69, 9.17) is 4.74 Å². The van der Waals surface area contributed by atoms with Gasteiger partial charge in [-0.15, -0.1) is 0 Å². The van der Waals surface area contributed by atoms with E-state index in [0.717, 1.165) is 6.07 Å². The van der Waals surface area contributed by atoms with Crippen molar-refractivity contribution in [2.75, 3.05) is 25.1 Å². The predicted octanol–water partition coefficient (Wildman–Crippen LogP) is 3.58. The van der Waals surface area contributed by atoms with E-state index in [2.05, 4.69) is 15.5 Å². The predicted molar refractivity (Wildman–Crippen MR) is 125 cm³/mol. The number of sulfonamides is 1. The molecule has 0 aliphatic rings. The number of aromatic amines is 1. The molecule has 33 heavy (non-hydrogen) atoms. The van der Waals surface area contributed by atoms with Crippen molar-refractivity contribution in [2.24, 2.45) is 5.10 Å². The number of anilines is 1. The van der Waals surface area contributed by atoms with Crippen LogP contribution in [0.4, 0.5) is 11.4 Å². The van der Waals surface area contributed by atoms with Gasteiger partial charge in [-0.25, -0.2) is 13.2 Å². The molecule has 12 heteroatoms. The van der Waals surface area contributed by atoms with Crippen molar-refractivity contribution < 1.29 is 22.9 Å². The smallest absolute Gasteiger partial charge is 0.340 e. The van der Waals surface area contributed by atoms with Crippen LogP contribution in [0.15, 0.2) is 28.2 Å². The summed E-state index contributed by atoms with van der Waals surface area (Å²) < 4.78 is 31.7. The average molecular weight is 480 g/mol. The van der Waals surface area contributed by atoms with Crippen molar-refractivity contribution in [1.29, 1.82) is 0 Å². The zero-order chi connectivity index (χ0) is 24.9. The number of nitro benzene ring substituents is 1. The van der Waals surface area contributed by atoms with Gasteiger partial charge >= 0.3 is 5.97 Å². The highest BCUT2D eigenvalue weighted by molar-refractivity contribution is 7.89. The lowest BCUT2D eigenvalue weighted by atomic mass is 10.1. The van der Waals surface area contributed by atoms with Crippen molar-refractivity contribution in [2.45, 2.75) is 46.4 Å². The molecule has 0 radical (unpaired) electrons. The summed E-state index contributed by atoms with van der Waals surface area (Å²) in [4.78, 5) is 26.1. The van der Waals surface area contributed by atoms with Gasteiger partial charge in [-0.05, 0) is 45.4 Å². The lowest BCUT2D eigenvalue weighted by Gasteiger charge is -2.18. The van der Waals surface area contributed by atoms with Gasteiger partial charge < -0.3 is 9.72 Å². The molecule has 1 heterocycles. The third-order valence-corrected chi connectivity index (χ3v) is 7.18. The molecule has 0 spiro atoms. The van der Waals surface area contributed by atoms with Gasteiger partial charge in [0.25, 0.3) is 5.69 Å². The van der Waals surface area contributed by atoms with Gasteiger partial charge in [-0.2, -0.15) is 9.41 Å². The topological polar surface area (TPSA) is 147 Å². The quantitative estimate of drug-likeness (QED) is 0.229. The maximum Gasteiger partial charge on any atom is 0.340 e. The highest BCUT2D eigenvalue weighted by Gasteiger charge is 2.26. The molecule has 0 aliphatic heterocycles. The van der Waals surface area contributed by atoms with Crippen molar-refractivity contribution in [3.63, 3.8) is 0 Å². The summed E-state index contributed by atoms with van der Waals surface area (Å²) in [7, 11) is -3.85. The molecule has 2 rings (SSSR count). The van der Waals surface area contributed by atoms with Crippen molar-refractivity contribution in [1.82, 2.24) is 9.29 Å². The van der Waals surface area contributed by atoms with Gasteiger partial charge in [-0.3, -0.25) is 15.5 Å². The number of ether oxygens (including phenoxy) is 1. The maximum absolute atomic E-state index is 12.7. The number of nitro groups is 1. The summed E-state index contributed by atoms with van der Waals surface area (Å²) >= 11 is 0. The molecule has 0 unspecified atom stereocenters. The Morgan fingerprint density at radius 3 is 2.42 bits per heavy atom. The second-order valence-electron chi connectivity index (χ2n) is 7.18. The molecule has 0 saturated heterocycles. The number of aryl methyl sites for hydroxylation is 1. The lowest BCUT2D eigenvalue weighted by Crippen LogP contribution is -2.30. The Labute approximate surface area is 193 Å². The summed E-state index contributed by atoms with van der Waals surface area (Å²) in [5.41, 5.74) is 4.94. The van der Waals surface area contributed by atoms with Crippen LogP contribution in [0.3, 0.4) is 0 Å². The Morgan fingerprint density at radius 2 is 1.88 bits per heavy atom. The van der Waals surface area contributed by atoms with E-state index in [9.17, 15) is 23.3 Å². The van der Waals surface area contributed by atoms with Gasteiger partial charge in [-0.1, -0.05) is 13.8 Å². The van der Waals surface area contributed by atoms with Crippen LogP contribution in [0.2, 0.25) is 0 Å². The molecule has 2 aromatic rings. The first kappa shape index (κ1) is 26.0. The Bertz CT molecular complexity index is 1180. The van der Waals surface area contributed by atoms with E-state index in [1.165, 1.54) is 16.4 Å². The number of aromatic nitrogens is 1. The van der Waals surface area contributed by atoms with Gasteiger partial charge in [0.15, 0.2) is 0 Å². The Kier molecular flexibility index (Phi) is 8.34. The summed E-state index contributed by atoms with van der Waals surface area (Å²) in [6.45, 7) is 11.0. The van der Waals surface area contributed by atoms with Gasteiger partial charge in [0.2, 0.25) is 10.0 Å². The molecule has 1 aromatic heterocycles. The molecule has 1 aromatic carbocycles. The first-order valence-corrected chi connectivity index (χ1v) is 11.9. The normalized spacial score (nSPS) is 12.2. The molecule has 0 fully saturated rings. The first-order chi connectivity index (χ1) is 15.5. The number of hydrogen-bond acceptors (Lipinski definition) is 8. The first-order valence-electron chi connectivity index (χ1n) is 10.4. The van der Waals surface area contributed by atoms with Crippen LogP contribution < -0.4 is 5.43 Å². The Balaban J connectivity index is 2.41. The minimum Gasteiger partial charge on any atom is -0.462 e. The number of hydrazone groups is 1. The van der Waals surface area contributed by atoms with Gasteiger partial charge in [0, 0.05) is 24.8 Å².